The predicted octanol–water partition coefficient (Wildman–Crippen LogP) is 1.21. The molecule has 17 heavy (non-hydrogen) atoms. The molecule has 5 heteroatoms. The molecule has 2 aromatic rings. The Labute approximate surface area is 99.7 Å². The fourth-order valence-electron chi connectivity index (χ4n) is 1.65. The van der Waals surface area contributed by atoms with E-state index in [2.05, 4.69) is 10.4 Å². The summed E-state index contributed by atoms with van der Waals surface area (Å²) in [6.45, 7) is 3.32. The van der Waals surface area contributed by atoms with Crippen LogP contribution in [0.3, 0.4) is 0 Å². The van der Waals surface area contributed by atoms with Crippen molar-refractivity contribution in [2.45, 2.75) is 20.0 Å². The first-order chi connectivity index (χ1) is 8.20. The van der Waals surface area contributed by atoms with Crippen LogP contribution in [0.2, 0.25) is 0 Å². The van der Waals surface area contributed by atoms with Gasteiger partial charge in [-0.15, -0.1) is 0 Å². The van der Waals surface area contributed by atoms with E-state index in [0.717, 1.165) is 11.4 Å². The number of nitrogens with one attached hydrogen (secondary N) is 1. The van der Waals surface area contributed by atoms with Crippen LogP contribution < -0.4 is 10.9 Å². The molecule has 1 N–H and O–H groups in total. The van der Waals surface area contributed by atoms with E-state index in [-0.39, 0.29) is 5.56 Å². The van der Waals surface area contributed by atoms with Crippen molar-refractivity contribution in [2.75, 3.05) is 5.32 Å². The van der Waals surface area contributed by atoms with Crippen molar-refractivity contribution in [1.82, 2.24) is 14.3 Å². The molecule has 0 bridgehead atoms. The van der Waals surface area contributed by atoms with Crippen molar-refractivity contribution in [3.8, 4) is 0 Å². The summed E-state index contributed by atoms with van der Waals surface area (Å²) in [6, 6.07) is 5.34. The Kier molecular flexibility index (Phi) is 3.27. The molecular weight excluding hydrogens is 216 g/mol. The maximum absolute atomic E-state index is 11.4. The minimum atomic E-state index is 0.0265. The fourth-order valence-corrected chi connectivity index (χ4v) is 1.65. The average molecular weight is 232 g/mol. The number of rotatable bonds is 4. The molecule has 0 saturated heterocycles. The number of hydrogen-bond donors (Lipinski definition) is 1. The Morgan fingerprint density at radius 2 is 2.18 bits per heavy atom. The van der Waals surface area contributed by atoms with E-state index < -0.39 is 0 Å². The molecule has 0 aliphatic carbocycles. The van der Waals surface area contributed by atoms with Crippen molar-refractivity contribution in [3.05, 3.63) is 46.6 Å². The van der Waals surface area contributed by atoms with Crippen LogP contribution in [0, 0.1) is 0 Å². The summed E-state index contributed by atoms with van der Waals surface area (Å²) >= 11 is 0. The van der Waals surface area contributed by atoms with Crippen LogP contribution in [0.25, 0.3) is 0 Å². The van der Waals surface area contributed by atoms with Crippen molar-refractivity contribution in [3.63, 3.8) is 0 Å². The van der Waals surface area contributed by atoms with E-state index in [0.29, 0.717) is 13.1 Å². The van der Waals surface area contributed by atoms with Gasteiger partial charge in [0.25, 0.3) is 5.56 Å². The topological polar surface area (TPSA) is 51.9 Å². The minimum absolute atomic E-state index is 0.0265. The Balaban J connectivity index is 2.09. The highest BCUT2D eigenvalue weighted by Gasteiger charge is 2.00. The molecule has 90 valence electrons. The Morgan fingerprint density at radius 1 is 1.35 bits per heavy atom. The van der Waals surface area contributed by atoms with E-state index in [1.807, 2.05) is 30.9 Å². The van der Waals surface area contributed by atoms with Crippen LogP contribution >= 0.6 is 0 Å². The molecule has 0 spiro atoms. The van der Waals surface area contributed by atoms with E-state index in [1.165, 1.54) is 0 Å². The van der Waals surface area contributed by atoms with E-state index in [1.54, 1.807) is 22.9 Å². The lowest BCUT2D eigenvalue weighted by molar-refractivity contribution is 0.715. The molecule has 2 aromatic heterocycles. The van der Waals surface area contributed by atoms with E-state index in [9.17, 15) is 4.79 Å². The van der Waals surface area contributed by atoms with Gasteiger partial charge in [0.1, 0.15) is 0 Å². The molecule has 0 aromatic carbocycles. The third-order valence-corrected chi connectivity index (χ3v) is 2.72. The summed E-state index contributed by atoms with van der Waals surface area (Å²) in [5, 5.41) is 7.37. The second-order valence-corrected chi connectivity index (χ2v) is 3.84. The zero-order valence-electron chi connectivity index (χ0n) is 10.1. The third kappa shape index (κ3) is 2.55. The summed E-state index contributed by atoms with van der Waals surface area (Å²) in [6.07, 6.45) is 3.60. The number of pyridine rings is 1. The zero-order valence-corrected chi connectivity index (χ0v) is 10.1. The van der Waals surface area contributed by atoms with Crippen molar-refractivity contribution < 1.29 is 0 Å². The van der Waals surface area contributed by atoms with Crippen LogP contribution in [0.1, 0.15) is 12.6 Å². The second-order valence-electron chi connectivity index (χ2n) is 3.84. The molecule has 2 heterocycles. The molecule has 2 rings (SSSR count). The Bertz CT molecular complexity index is 556. The van der Waals surface area contributed by atoms with Crippen LogP contribution in [-0.4, -0.2) is 14.3 Å². The van der Waals surface area contributed by atoms with Crippen LogP contribution in [0.15, 0.2) is 35.4 Å². The van der Waals surface area contributed by atoms with Gasteiger partial charge in [-0.25, -0.2) is 0 Å². The molecule has 0 fully saturated rings. The van der Waals surface area contributed by atoms with E-state index >= 15 is 0 Å². The molecule has 0 amide bonds. The van der Waals surface area contributed by atoms with Gasteiger partial charge in [-0.05, 0) is 19.1 Å². The summed E-state index contributed by atoms with van der Waals surface area (Å²) in [5.41, 5.74) is 2.06. The highest BCUT2D eigenvalue weighted by molar-refractivity contribution is 5.40. The summed E-state index contributed by atoms with van der Waals surface area (Å²) in [7, 11) is 1.91. The molecule has 0 aliphatic rings. The monoisotopic (exact) mass is 232 g/mol. The lowest BCUT2D eigenvalue weighted by Crippen LogP contribution is -2.18. The largest absolute Gasteiger partial charge is 0.378 e. The van der Waals surface area contributed by atoms with Crippen LogP contribution in [-0.2, 0) is 20.1 Å². The number of aryl methyl sites for hydroxylation is 2. The van der Waals surface area contributed by atoms with Crippen LogP contribution in [0.5, 0.6) is 0 Å². The van der Waals surface area contributed by atoms with Crippen molar-refractivity contribution in [1.29, 1.82) is 0 Å². The quantitative estimate of drug-likeness (QED) is 0.862. The standard InChI is InChI=1S/C12H16N4O/c1-3-16-9-10(4-5-12(16)17)13-8-11-6-7-14-15(11)2/h4-7,9,13H,3,8H2,1-2H3. The van der Waals surface area contributed by atoms with Gasteiger partial charge in [0.2, 0.25) is 0 Å². The molecule has 0 aliphatic heterocycles. The Hall–Kier alpha value is -2.04. The molecule has 0 saturated carbocycles. The van der Waals surface area contributed by atoms with Crippen LogP contribution in [0.4, 0.5) is 5.69 Å². The summed E-state index contributed by atoms with van der Waals surface area (Å²) in [5.74, 6) is 0. The third-order valence-electron chi connectivity index (χ3n) is 2.72. The van der Waals surface area contributed by atoms with Gasteiger partial charge in [-0.3, -0.25) is 9.48 Å². The van der Waals surface area contributed by atoms with E-state index in [4.69, 9.17) is 0 Å². The van der Waals surface area contributed by atoms with Gasteiger partial charge in [-0.2, -0.15) is 5.10 Å². The van der Waals surface area contributed by atoms with Crippen molar-refractivity contribution in [2.24, 2.45) is 7.05 Å². The lowest BCUT2D eigenvalue weighted by Gasteiger charge is -2.08. The lowest BCUT2D eigenvalue weighted by atomic mass is 10.3. The van der Waals surface area contributed by atoms with Gasteiger partial charge in [-0.1, -0.05) is 0 Å². The molecule has 0 radical (unpaired) electrons. The summed E-state index contributed by atoms with van der Waals surface area (Å²) < 4.78 is 3.49. The first kappa shape index (κ1) is 11.4. The minimum Gasteiger partial charge on any atom is -0.378 e. The molecule has 0 unspecified atom stereocenters. The Morgan fingerprint density at radius 3 is 2.82 bits per heavy atom. The summed E-state index contributed by atoms with van der Waals surface area (Å²) in [4.78, 5) is 11.4. The number of hydrogen-bond acceptors (Lipinski definition) is 3. The van der Waals surface area contributed by atoms with Crippen molar-refractivity contribution >= 4 is 5.69 Å². The molecule has 5 nitrogen and oxygen atoms in total. The van der Waals surface area contributed by atoms with Gasteiger partial charge in [0.05, 0.1) is 17.9 Å². The molecular formula is C12H16N4O. The maximum atomic E-state index is 11.4. The number of anilines is 1. The second kappa shape index (κ2) is 4.86. The zero-order chi connectivity index (χ0) is 12.3. The fraction of sp³-hybridized carbons (Fsp3) is 0.333. The molecule has 0 atom stereocenters. The maximum Gasteiger partial charge on any atom is 0.250 e. The number of aromatic nitrogens is 3. The predicted molar refractivity (Wildman–Crippen MR) is 66.9 cm³/mol. The normalized spacial score (nSPS) is 10.5. The first-order valence-corrected chi connectivity index (χ1v) is 5.62. The SMILES string of the molecule is CCn1cc(NCc2ccnn2C)ccc1=O. The van der Waals surface area contributed by atoms with Gasteiger partial charge in [0, 0.05) is 32.1 Å². The number of nitrogens with zero attached hydrogens (tertiary/aromatic N) is 3. The van der Waals surface area contributed by atoms with Gasteiger partial charge >= 0.3 is 0 Å². The smallest absolute Gasteiger partial charge is 0.250 e. The van der Waals surface area contributed by atoms with Gasteiger partial charge in [0.15, 0.2) is 0 Å². The highest BCUT2D eigenvalue weighted by atomic mass is 16.1. The van der Waals surface area contributed by atoms with Gasteiger partial charge < -0.3 is 9.88 Å². The highest BCUT2D eigenvalue weighted by Crippen LogP contribution is 2.06. The first-order valence-electron chi connectivity index (χ1n) is 5.62. The average Bonchev–Trinajstić information content (AvgIpc) is 2.74.